The standard InChI is InChI=1S/C19H15NO4/c1-12(21)16(11-17(22)13-7-3-2-4-8-13)20-15-10-6-5-9-14(15)18(23)19(20)24/h2-10,16H,11H2,1H3. The highest BCUT2D eigenvalue weighted by molar-refractivity contribution is 6.52. The van der Waals surface area contributed by atoms with Gasteiger partial charge in [0.25, 0.3) is 11.7 Å². The van der Waals surface area contributed by atoms with Gasteiger partial charge in [-0.25, -0.2) is 0 Å². The second-order valence-corrected chi connectivity index (χ2v) is 5.64. The van der Waals surface area contributed by atoms with E-state index in [0.717, 1.165) is 4.90 Å². The van der Waals surface area contributed by atoms with Crippen molar-refractivity contribution in [1.82, 2.24) is 0 Å². The zero-order valence-corrected chi connectivity index (χ0v) is 13.1. The van der Waals surface area contributed by atoms with Crippen molar-refractivity contribution in [3.8, 4) is 0 Å². The summed E-state index contributed by atoms with van der Waals surface area (Å²) < 4.78 is 0. The Kier molecular flexibility index (Phi) is 4.08. The molecule has 0 bridgehead atoms. The van der Waals surface area contributed by atoms with Gasteiger partial charge in [-0.1, -0.05) is 42.5 Å². The first-order valence-electron chi connectivity index (χ1n) is 7.56. The Morgan fingerprint density at radius 1 is 0.958 bits per heavy atom. The van der Waals surface area contributed by atoms with Gasteiger partial charge in [0.2, 0.25) is 0 Å². The molecule has 2 aromatic carbocycles. The largest absolute Gasteiger partial charge is 0.300 e. The summed E-state index contributed by atoms with van der Waals surface area (Å²) in [4.78, 5) is 50.1. The van der Waals surface area contributed by atoms with Crippen molar-refractivity contribution in [1.29, 1.82) is 0 Å². The summed E-state index contributed by atoms with van der Waals surface area (Å²) in [5.74, 6) is -2.00. The Balaban J connectivity index is 1.95. The molecule has 0 spiro atoms. The molecule has 0 fully saturated rings. The number of para-hydroxylation sites is 1. The molecule has 1 aliphatic rings. The van der Waals surface area contributed by atoms with Crippen LogP contribution in [0.1, 0.15) is 34.1 Å². The van der Waals surface area contributed by atoms with Crippen molar-refractivity contribution in [3.05, 3.63) is 65.7 Å². The lowest BCUT2D eigenvalue weighted by atomic mass is 10.00. The van der Waals surface area contributed by atoms with Crippen LogP contribution in [0.3, 0.4) is 0 Å². The first-order chi connectivity index (χ1) is 11.5. The molecular weight excluding hydrogens is 306 g/mol. The van der Waals surface area contributed by atoms with Crippen molar-refractivity contribution in [3.63, 3.8) is 0 Å². The van der Waals surface area contributed by atoms with E-state index in [1.165, 1.54) is 6.92 Å². The monoisotopic (exact) mass is 321 g/mol. The normalized spacial score (nSPS) is 14.5. The highest BCUT2D eigenvalue weighted by atomic mass is 16.2. The lowest BCUT2D eigenvalue weighted by molar-refractivity contribution is -0.121. The highest BCUT2D eigenvalue weighted by Gasteiger charge is 2.41. The average molecular weight is 321 g/mol. The second kappa shape index (κ2) is 6.20. The number of nitrogens with zero attached hydrogens (tertiary/aromatic N) is 1. The second-order valence-electron chi connectivity index (χ2n) is 5.64. The van der Waals surface area contributed by atoms with Crippen LogP contribution >= 0.6 is 0 Å². The fourth-order valence-corrected chi connectivity index (χ4v) is 2.85. The predicted octanol–water partition coefficient (Wildman–Crippen LogP) is 2.45. The molecule has 1 aliphatic heterocycles. The van der Waals surface area contributed by atoms with Gasteiger partial charge in [0.1, 0.15) is 6.04 Å². The molecule has 1 amide bonds. The van der Waals surface area contributed by atoms with Gasteiger partial charge in [-0.05, 0) is 19.1 Å². The number of anilines is 1. The Morgan fingerprint density at radius 3 is 2.25 bits per heavy atom. The molecule has 0 N–H and O–H groups in total. The summed E-state index contributed by atoms with van der Waals surface area (Å²) >= 11 is 0. The zero-order chi connectivity index (χ0) is 17.3. The molecule has 24 heavy (non-hydrogen) atoms. The molecule has 2 aromatic rings. The zero-order valence-electron chi connectivity index (χ0n) is 13.1. The van der Waals surface area contributed by atoms with Gasteiger partial charge < -0.3 is 0 Å². The van der Waals surface area contributed by atoms with E-state index in [9.17, 15) is 19.2 Å². The third kappa shape index (κ3) is 2.65. The van der Waals surface area contributed by atoms with Crippen LogP contribution < -0.4 is 4.90 Å². The molecule has 5 heteroatoms. The topological polar surface area (TPSA) is 71.5 Å². The number of Topliss-reactive ketones (excluding diaryl/α,β-unsaturated/α-hetero) is 3. The predicted molar refractivity (Wildman–Crippen MR) is 88.1 cm³/mol. The molecule has 0 aliphatic carbocycles. The number of hydrogen-bond donors (Lipinski definition) is 0. The molecule has 0 saturated heterocycles. The minimum absolute atomic E-state index is 0.160. The van der Waals surface area contributed by atoms with E-state index in [4.69, 9.17) is 0 Å². The van der Waals surface area contributed by atoms with Crippen LogP contribution in [0.2, 0.25) is 0 Å². The smallest absolute Gasteiger partial charge is 0.298 e. The van der Waals surface area contributed by atoms with Crippen molar-refractivity contribution < 1.29 is 19.2 Å². The number of amides is 1. The lowest BCUT2D eigenvalue weighted by Gasteiger charge is -2.25. The summed E-state index contributed by atoms with van der Waals surface area (Å²) in [5.41, 5.74) is 1.12. The number of ketones is 3. The van der Waals surface area contributed by atoms with Crippen LogP contribution in [0.25, 0.3) is 0 Å². The first kappa shape index (κ1) is 15.8. The van der Waals surface area contributed by atoms with Crippen LogP contribution in [0, 0.1) is 0 Å². The van der Waals surface area contributed by atoms with Gasteiger partial charge in [0, 0.05) is 12.0 Å². The maximum atomic E-state index is 12.4. The van der Waals surface area contributed by atoms with Crippen LogP contribution in [-0.4, -0.2) is 29.3 Å². The van der Waals surface area contributed by atoms with Crippen LogP contribution in [0.5, 0.6) is 0 Å². The van der Waals surface area contributed by atoms with Gasteiger partial charge in [-0.2, -0.15) is 0 Å². The molecule has 0 saturated carbocycles. The van der Waals surface area contributed by atoms with Crippen molar-refractivity contribution >= 4 is 28.9 Å². The first-order valence-corrected chi connectivity index (χ1v) is 7.56. The Bertz CT molecular complexity index is 841. The van der Waals surface area contributed by atoms with Gasteiger partial charge in [0.05, 0.1) is 11.3 Å². The molecule has 3 rings (SSSR count). The van der Waals surface area contributed by atoms with E-state index in [0.29, 0.717) is 11.3 Å². The summed E-state index contributed by atoms with van der Waals surface area (Å²) in [6.45, 7) is 1.32. The molecule has 5 nitrogen and oxygen atoms in total. The summed E-state index contributed by atoms with van der Waals surface area (Å²) in [6.07, 6.45) is -0.160. The summed E-state index contributed by atoms with van der Waals surface area (Å²) in [6, 6.07) is 14.1. The summed E-state index contributed by atoms with van der Waals surface area (Å²) in [5, 5.41) is 0. The molecule has 1 unspecified atom stereocenters. The quantitative estimate of drug-likeness (QED) is 0.626. The Hall–Kier alpha value is -3.08. The number of carbonyl (C=O) groups is 4. The molecule has 1 heterocycles. The number of hydrogen-bond acceptors (Lipinski definition) is 4. The maximum Gasteiger partial charge on any atom is 0.300 e. The Morgan fingerprint density at radius 2 is 1.58 bits per heavy atom. The average Bonchev–Trinajstić information content (AvgIpc) is 2.85. The SMILES string of the molecule is CC(=O)C(CC(=O)c1ccccc1)N1C(=O)C(=O)c2ccccc21. The van der Waals surface area contributed by atoms with Crippen LogP contribution in [-0.2, 0) is 9.59 Å². The van der Waals surface area contributed by atoms with E-state index >= 15 is 0 Å². The van der Waals surface area contributed by atoms with E-state index < -0.39 is 17.7 Å². The number of fused-ring (bicyclic) bond motifs is 1. The lowest BCUT2D eigenvalue weighted by Crippen LogP contribution is -2.45. The van der Waals surface area contributed by atoms with Crippen LogP contribution in [0.4, 0.5) is 5.69 Å². The van der Waals surface area contributed by atoms with E-state index in [1.807, 2.05) is 0 Å². The van der Waals surface area contributed by atoms with Gasteiger partial charge in [-0.15, -0.1) is 0 Å². The highest BCUT2D eigenvalue weighted by Crippen LogP contribution is 2.31. The number of carbonyl (C=O) groups excluding carboxylic acids is 4. The molecule has 0 radical (unpaired) electrons. The summed E-state index contributed by atoms with van der Waals surface area (Å²) in [7, 11) is 0. The minimum Gasteiger partial charge on any atom is -0.298 e. The fourth-order valence-electron chi connectivity index (χ4n) is 2.85. The molecule has 1 atom stereocenters. The third-order valence-electron chi connectivity index (χ3n) is 4.08. The minimum atomic E-state index is -0.988. The fraction of sp³-hybridized carbons (Fsp3) is 0.158. The van der Waals surface area contributed by atoms with Crippen molar-refractivity contribution in [2.45, 2.75) is 19.4 Å². The van der Waals surface area contributed by atoms with E-state index in [2.05, 4.69) is 0 Å². The van der Waals surface area contributed by atoms with E-state index in [-0.39, 0.29) is 23.6 Å². The van der Waals surface area contributed by atoms with Crippen LogP contribution in [0.15, 0.2) is 54.6 Å². The van der Waals surface area contributed by atoms with Gasteiger partial charge in [-0.3, -0.25) is 24.1 Å². The Labute approximate surface area is 138 Å². The molecule has 120 valence electrons. The molecular formula is C19H15NO4. The molecule has 0 aromatic heterocycles. The number of benzene rings is 2. The van der Waals surface area contributed by atoms with Crippen molar-refractivity contribution in [2.24, 2.45) is 0 Å². The van der Waals surface area contributed by atoms with Gasteiger partial charge in [0.15, 0.2) is 11.6 Å². The van der Waals surface area contributed by atoms with Crippen molar-refractivity contribution in [2.75, 3.05) is 4.90 Å². The van der Waals surface area contributed by atoms with Gasteiger partial charge >= 0.3 is 0 Å². The van der Waals surface area contributed by atoms with E-state index in [1.54, 1.807) is 54.6 Å². The third-order valence-corrected chi connectivity index (χ3v) is 4.08. The maximum absolute atomic E-state index is 12.4. The number of rotatable bonds is 5.